The zero-order valence-corrected chi connectivity index (χ0v) is 17.8. The summed E-state index contributed by atoms with van der Waals surface area (Å²) in [5.41, 5.74) is 4.62. The van der Waals surface area contributed by atoms with E-state index in [1.807, 2.05) is 0 Å². The van der Waals surface area contributed by atoms with Crippen molar-refractivity contribution in [2.45, 2.75) is 77.3 Å². The van der Waals surface area contributed by atoms with Gasteiger partial charge in [0.05, 0.1) is 0 Å². The second-order valence-electron chi connectivity index (χ2n) is 9.12. The molecule has 2 unspecified atom stereocenters. The molecule has 3 heteroatoms. The lowest BCUT2D eigenvalue weighted by molar-refractivity contribution is 0.148. The third kappa shape index (κ3) is 4.05. The van der Waals surface area contributed by atoms with Gasteiger partial charge in [-0.1, -0.05) is 39.2 Å². The lowest BCUT2D eigenvalue weighted by atomic mass is 9.91. The maximum atomic E-state index is 2.78. The van der Waals surface area contributed by atoms with Gasteiger partial charge in [-0.2, -0.15) is 0 Å². The van der Waals surface area contributed by atoms with Gasteiger partial charge >= 0.3 is 0 Å². The van der Waals surface area contributed by atoms with Gasteiger partial charge in [0.2, 0.25) is 0 Å². The maximum Gasteiger partial charge on any atom is 0.0370 e. The third-order valence-electron chi connectivity index (χ3n) is 7.63. The molecular weight excluding hydrogens is 330 g/mol. The summed E-state index contributed by atoms with van der Waals surface area (Å²) in [6, 6.07) is 8.78. The van der Waals surface area contributed by atoms with E-state index in [1.165, 1.54) is 76.9 Å². The molecule has 3 nitrogen and oxygen atoms in total. The Morgan fingerprint density at radius 3 is 2.30 bits per heavy atom. The summed E-state index contributed by atoms with van der Waals surface area (Å²) < 4.78 is 0. The van der Waals surface area contributed by atoms with Crippen LogP contribution in [-0.2, 0) is 0 Å². The van der Waals surface area contributed by atoms with Crippen molar-refractivity contribution in [3.8, 4) is 0 Å². The van der Waals surface area contributed by atoms with Crippen molar-refractivity contribution < 1.29 is 0 Å². The highest BCUT2D eigenvalue weighted by Crippen LogP contribution is 2.37. The Kier molecular flexibility index (Phi) is 6.08. The van der Waals surface area contributed by atoms with Crippen LogP contribution >= 0.6 is 0 Å². The number of fused-ring (bicyclic) bond motifs is 1. The highest BCUT2D eigenvalue weighted by atomic mass is 15.3. The molecule has 150 valence electrons. The molecule has 2 heterocycles. The molecule has 0 bridgehead atoms. The monoisotopic (exact) mass is 369 g/mol. The molecule has 1 aromatic rings. The van der Waals surface area contributed by atoms with Gasteiger partial charge in [-0.25, -0.2) is 0 Å². The summed E-state index contributed by atoms with van der Waals surface area (Å²) in [4.78, 5) is 8.06. The van der Waals surface area contributed by atoms with E-state index in [9.17, 15) is 0 Å². The average Bonchev–Trinajstić information content (AvgIpc) is 2.85. The Morgan fingerprint density at radius 2 is 1.59 bits per heavy atom. The minimum absolute atomic E-state index is 0.540. The van der Waals surface area contributed by atoms with E-state index >= 15 is 0 Å². The molecule has 0 spiro atoms. The molecule has 1 saturated heterocycles. The number of hydrogen-bond acceptors (Lipinski definition) is 3. The van der Waals surface area contributed by atoms with Crippen LogP contribution in [0.25, 0.3) is 0 Å². The second-order valence-corrected chi connectivity index (χ2v) is 9.12. The number of hydrogen-bond donors (Lipinski definition) is 0. The van der Waals surface area contributed by atoms with Crippen molar-refractivity contribution in [3.05, 3.63) is 29.3 Å². The maximum absolute atomic E-state index is 2.78. The van der Waals surface area contributed by atoms with Crippen molar-refractivity contribution in [2.24, 2.45) is 0 Å². The Bertz CT molecular complexity index is 614. The number of piperazine rings is 1. The Balaban J connectivity index is 1.47. The molecule has 2 aliphatic heterocycles. The summed E-state index contributed by atoms with van der Waals surface area (Å²) in [6.07, 6.45) is 8.49. The highest BCUT2D eigenvalue weighted by Gasteiger charge is 2.28. The van der Waals surface area contributed by atoms with Gasteiger partial charge in [0.25, 0.3) is 0 Å². The van der Waals surface area contributed by atoms with E-state index in [0.717, 1.165) is 12.6 Å². The molecule has 1 saturated carbocycles. The first-order valence-corrected chi connectivity index (χ1v) is 11.5. The highest BCUT2D eigenvalue weighted by molar-refractivity contribution is 5.53. The van der Waals surface area contributed by atoms with Crippen molar-refractivity contribution >= 4 is 5.69 Å². The number of anilines is 1. The van der Waals surface area contributed by atoms with Crippen molar-refractivity contribution in [1.82, 2.24) is 9.80 Å². The minimum atomic E-state index is 0.540. The average molecular weight is 370 g/mol. The Morgan fingerprint density at radius 1 is 0.852 bits per heavy atom. The first-order chi connectivity index (χ1) is 13.2. The number of rotatable bonds is 3. The fourth-order valence-corrected chi connectivity index (χ4v) is 5.70. The molecule has 27 heavy (non-hydrogen) atoms. The quantitative estimate of drug-likeness (QED) is 0.740. The van der Waals surface area contributed by atoms with Gasteiger partial charge in [0.15, 0.2) is 0 Å². The van der Waals surface area contributed by atoms with E-state index in [-0.39, 0.29) is 0 Å². The lowest BCUT2D eigenvalue weighted by Gasteiger charge is -2.41. The Labute approximate surface area is 166 Å². The summed E-state index contributed by atoms with van der Waals surface area (Å²) >= 11 is 0. The normalized spacial score (nSPS) is 28.8. The van der Waals surface area contributed by atoms with Crippen LogP contribution < -0.4 is 4.90 Å². The van der Waals surface area contributed by atoms with E-state index < -0.39 is 0 Å². The molecule has 0 amide bonds. The Hall–Kier alpha value is -1.06. The molecular formula is C24H39N3. The van der Waals surface area contributed by atoms with Crippen molar-refractivity contribution in [3.63, 3.8) is 0 Å². The SMILES string of the molecule is CCN1CCC(C)c2ccc(N3CCN(C4CCCCC4)CC3)cc2C1C. The van der Waals surface area contributed by atoms with Crippen LogP contribution in [0.2, 0.25) is 0 Å². The molecule has 1 aromatic carbocycles. The summed E-state index contributed by atoms with van der Waals surface area (Å²) in [5.74, 6) is 0.677. The van der Waals surface area contributed by atoms with Gasteiger partial charge in [-0.05, 0) is 68.5 Å². The first-order valence-electron chi connectivity index (χ1n) is 11.5. The zero-order valence-electron chi connectivity index (χ0n) is 17.8. The predicted molar refractivity (Wildman–Crippen MR) is 116 cm³/mol. The zero-order chi connectivity index (χ0) is 18.8. The summed E-state index contributed by atoms with van der Waals surface area (Å²) in [5, 5.41) is 0. The summed E-state index contributed by atoms with van der Waals surface area (Å²) in [6.45, 7) is 14.4. The second kappa shape index (κ2) is 8.53. The molecule has 0 radical (unpaired) electrons. The molecule has 1 aliphatic carbocycles. The van der Waals surface area contributed by atoms with E-state index in [4.69, 9.17) is 0 Å². The smallest absolute Gasteiger partial charge is 0.0370 e. The topological polar surface area (TPSA) is 9.72 Å². The van der Waals surface area contributed by atoms with Crippen LogP contribution in [0.5, 0.6) is 0 Å². The minimum Gasteiger partial charge on any atom is -0.369 e. The van der Waals surface area contributed by atoms with Gasteiger partial charge in [-0.3, -0.25) is 9.80 Å². The lowest BCUT2D eigenvalue weighted by Crippen LogP contribution is -2.50. The molecule has 2 atom stereocenters. The van der Waals surface area contributed by atoms with Gasteiger partial charge < -0.3 is 4.90 Å². The fraction of sp³-hybridized carbons (Fsp3) is 0.750. The van der Waals surface area contributed by atoms with E-state index in [1.54, 1.807) is 11.1 Å². The van der Waals surface area contributed by atoms with Crippen LogP contribution in [0.15, 0.2) is 18.2 Å². The van der Waals surface area contributed by atoms with Crippen LogP contribution in [0, 0.1) is 0 Å². The van der Waals surface area contributed by atoms with Gasteiger partial charge in [0.1, 0.15) is 0 Å². The van der Waals surface area contributed by atoms with Gasteiger partial charge in [0, 0.05) is 44.0 Å². The first kappa shape index (κ1) is 19.3. The van der Waals surface area contributed by atoms with Gasteiger partial charge in [-0.15, -0.1) is 0 Å². The predicted octanol–water partition coefficient (Wildman–Crippen LogP) is 5.03. The van der Waals surface area contributed by atoms with Crippen LogP contribution in [0.4, 0.5) is 5.69 Å². The largest absolute Gasteiger partial charge is 0.369 e. The molecule has 2 fully saturated rings. The van der Waals surface area contributed by atoms with Crippen LogP contribution in [0.3, 0.4) is 0 Å². The van der Waals surface area contributed by atoms with Crippen LogP contribution in [-0.4, -0.2) is 55.1 Å². The molecule has 3 aliphatic rings. The number of benzene rings is 1. The number of nitrogens with zero attached hydrogens (tertiary/aromatic N) is 3. The molecule has 4 rings (SSSR count). The van der Waals surface area contributed by atoms with E-state index in [2.05, 4.69) is 53.7 Å². The standard InChI is InChI=1S/C24H39N3/c1-4-25-13-12-19(2)23-11-10-22(18-24(23)20(25)3)27-16-14-26(15-17-27)21-8-6-5-7-9-21/h10-11,18-21H,4-9,12-17H2,1-3H3. The van der Waals surface area contributed by atoms with Crippen molar-refractivity contribution in [2.75, 3.05) is 44.2 Å². The fourth-order valence-electron chi connectivity index (χ4n) is 5.70. The summed E-state index contributed by atoms with van der Waals surface area (Å²) in [7, 11) is 0. The van der Waals surface area contributed by atoms with Crippen LogP contribution in [0.1, 0.15) is 82.4 Å². The van der Waals surface area contributed by atoms with E-state index in [0.29, 0.717) is 12.0 Å². The third-order valence-corrected chi connectivity index (χ3v) is 7.63. The van der Waals surface area contributed by atoms with Crippen molar-refractivity contribution in [1.29, 1.82) is 0 Å². The molecule has 0 aromatic heterocycles. The molecule has 0 N–H and O–H groups in total.